The zero-order valence-corrected chi connectivity index (χ0v) is 24.5. The molecule has 222 valence electrons. The maximum absolute atomic E-state index is 14.9. The van der Waals surface area contributed by atoms with Crippen LogP contribution in [0.3, 0.4) is 0 Å². The number of hydrogen-bond acceptors (Lipinski definition) is 8. The van der Waals surface area contributed by atoms with E-state index in [4.69, 9.17) is 5.11 Å². The zero-order valence-electron chi connectivity index (χ0n) is 24.5. The van der Waals surface area contributed by atoms with Crippen molar-refractivity contribution in [3.05, 3.63) is 94.8 Å². The van der Waals surface area contributed by atoms with Crippen LogP contribution in [0.25, 0.3) is 0 Å². The number of anilines is 3. The van der Waals surface area contributed by atoms with Crippen LogP contribution in [-0.2, 0) is 13.1 Å². The van der Waals surface area contributed by atoms with E-state index in [0.717, 1.165) is 25.1 Å². The first-order chi connectivity index (χ1) is 20.8. The lowest BCUT2D eigenvalue weighted by Gasteiger charge is -2.20. The van der Waals surface area contributed by atoms with Crippen LogP contribution < -0.4 is 10.6 Å². The van der Waals surface area contributed by atoms with E-state index in [1.807, 2.05) is 13.0 Å². The topological polar surface area (TPSA) is 111 Å². The number of carbonyl (C=O) groups excluding carboxylic acids is 1. The van der Waals surface area contributed by atoms with Crippen molar-refractivity contribution in [1.29, 1.82) is 0 Å². The first-order valence-electron chi connectivity index (χ1n) is 14.1. The smallest absolute Gasteiger partial charge is 0.255 e. The molecule has 43 heavy (non-hydrogen) atoms. The van der Waals surface area contributed by atoms with Crippen LogP contribution in [0.2, 0.25) is 0 Å². The van der Waals surface area contributed by atoms with E-state index in [-0.39, 0.29) is 18.3 Å². The summed E-state index contributed by atoms with van der Waals surface area (Å²) in [5.41, 5.74) is 4.36. The summed E-state index contributed by atoms with van der Waals surface area (Å²) in [5.74, 6) is 5.86. The number of nitrogens with one attached hydrogen (secondary N) is 2. The second-order valence-corrected chi connectivity index (χ2v) is 10.8. The summed E-state index contributed by atoms with van der Waals surface area (Å²) >= 11 is 0. The second kappa shape index (κ2) is 13.6. The van der Waals surface area contributed by atoms with E-state index < -0.39 is 0 Å². The summed E-state index contributed by atoms with van der Waals surface area (Å²) in [6.45, 7) is 4.73. The highest BCUT2D eigenvalue weighted by molar-refractivity contribution is 6.04. The number of aliphatic hydroxyl groups excluding tert-OH is 1. The minimum atomic E-state index is -0.343. The van der Waals surface area contributed by atoms with Crippen molar-refractivity contribution < 1.29 is 14.3 Å². The normalized spacial score (nSPS) is 14.9. The minimum Gasteiger partial charge on any atom is -0.394 e. The number of aromatic nitrogens is 4. The van der Waals surface area contributed by atoms with Gasteiger partial charge in [-0.2, -0.15) is 5.10 Å². The Bertz CT molecular complexity index is 1640. The molecule has 1 aliphatic rings. The van der Waals surface area contributed by atoms with E-state index in [0.29, 0.717) is 58.7 Å². The molecule has 1 saturated heterocycles. The number of nitrogens with zero attached hydrogens (tertiary/aromatic N) is 6. The molecule has 1 aliphatic heterocycles. The number of halogens is 1. The number of hydrogen-bond donors (Lipinski definition) is 3. The highest BCUT2D eigenvalue weighted by Gasteiger charge is 2.24. The van der Waals surface area contributed by atoms with Crippen molar-refractivity contribution in [3.8, 4) is 11.8 Å². The van der Waals surface area contributed by atoms with Gasteiger partial charge in [-0.3, -0.25) is 14.4 Å². The fourth-order valence-corrected chi connectivity index (χ4v) is 4.85. The van der Waals surface area contributed by atoms with Gasteiger partial charge in [0.1, 0.15) is 5.82 Å². The molecule has 2 aromatic heterocycles. The van der Waals surface area contributed by atoms with Crippen LogP contribution >= 0.6 is 0 Å². The van der Waals surface area contributed by atoms with Gasteiger partial charge in [0, 0.05) is 66.6 Å². The number of amides is 1. The monoisotopic (exact) mass is 582 g/mol. The Morgan fingerprint density at radius 2 is 1.93 bits per heavy atom. The Morgan fingerprint density at radius 3 is 2.65 bits per heavy atom. The van der Waals surface area contributed by atoms with E-state index in [9.17, 15) is 9.18 Å². The standard InChI is InChI=1S/C32H35FN8O2/c1-22-4-6-25(31(43)37-27-9-8-26(30(33)15-27)19-40-11-10-29(21-40)39(2)3)14-24(22)7-5-23-16-34-32(35-17-23)38-28-18-36-41(20-28)12-13-42/h4,6,8-9,14-18,20,29,42H,10-13,19,21H2,1-3H3,(H,37,43)(H,34,35,38)/t29-/m1/s1. The number of carbonyl (C=O) groups is 1. The van der Waals surface area contributed by atoms with Crippen LogP contribution in [0.15, 0.2) is 61.2 Å². The summed E-state index contributed by atoms with van der Waals surface area (Å²) in [7, 11) is 4.15. The molecular weight excluding hydrogens is 547 g/mol. The first-order valence-corrected chi connectivity index (χ1v) is 14.1. The van der Waals surface area contributed by atoms with Crippen molar-refractivity contribution in [2.24, 2.45) is 0 Å². The molecule has 0 unspecified atom stereocenters. The van der Waals surface area contributed by atoms with Crippen molar-refractivity contribution in [2.45, 2.75) is 32.5 Å². The molecule has 2 aromatic carbocycles. The third-order valence-corrected chi connectivity index (χ3v) is 7.39. The maximum Gasteiger partial charge on any atom is 0.255 e. The van der Waals surface area contributed by atoms with Crippen LogP contribution in [-0.4, -0.2) is 80.4 Å². The van der Waals surface area contributed by atoms with Crippen LogP contribution in [0.4, 0.5) is 21.7 Å². The van der Waals surface area contributed by atoms with Gasteiger partial charge in [-0.15, -0.1) is 0 Å². The highest BCUT2D eigenvalue weighted by atomic mass is 19.1. The average Bonchev–Trinajstić information content (AvgIpc) is 3.65. The predicted octanol–water partition coefficient (Wildman–Crippen LogP) is 3.64. The van der Waals surface area contributed by atoms with Gasteiger partial charge in [0.05, 0.1) is 30.6 Å². The molecule has 1 amide bonds. The summed E-state index contributed by atoms with van der Waals surface area (Å²) in [6, 6.07) is 10.6. The molecule has 3 heterocycles. The maximum atomic E-state index is 14.9. The van der Waals surface area contributed by atoms with Gasteiger partial charge in [-0.1, -0.05) is 24.0 Å². The molecule has 10 nitrogen and oxygen atoms in total. The number of likely N-dealkylation sites (N-methyl/N-ethyl adjacent to an activating group) is 1. The zero-order chi connectivity index (χ0) is 30.3. The molecule has 0 bridgehead atoms. The lowest BCUT2D eigenvalue weighted by atomic mass is 10.0. The number of rotatable bonds is 9. The highest BCUT2D eigenvalue weighted by Crippen LogP contribution is 2.21. The molecule has 11 heteroatoms. The Morgan fingerprint density at radius 1 is 1.12 bits per heavy atom. The predicted molar refractivity (Wildman–Crippen MR) is 164 cm³/mol. The third-order valence-electron chi connectivity index (χ3n) is 7.39. The Hall–Kier alpha value is -4.63. The average molecular weight is 583 g/mol. The first kappa shape index (κ1) is 29.8. The van der Waals surface area contributed by atoms with Crippen molar-refractivity contribution in [3.63, 3.8) is 0 Å². The van der Waals surface area contributed by atoms with E-state index in [2.05, 4.69) is 61.4 Å². The minimum absolute atomic E-state index is 0.00298. The van der Waals surface area contributed by atoms with E-state index in [1.54, 1.807) is 53.7 Å². The summed E-state index contributed by atoms with van der Waals surface area (Å²) in [4.78, 5) is 26.1. The second-order valence-electron chi connectivity index (χ2n) is 10.8. The number of benzene rings is 2. The largest absolute Gasteiger partial charge is 0.394 e. The van der Waals surface area contributed by atoms with Crippen LogP contribution in [0, 0.1) is 24.6 Å². The van der Waals surface area contributed by atoms with Crippen LogP contribution in [0.1, 0.15) is 39.0 Å². The van der Waals surface area contributed by atoms with Gasteiger partial charge < -0.3 is 20.6 Å². The lowest BCUT2D eigenvalue weighted by Crippen LogP contribution is -2.31. The molecule has 1 fully saturated rings. The summed E-state index contributed by atoms with van der Waals surface area (Å²) in [6.07, 6.45) is 7.66. The van der Waals surface area contributed by atoms with E-state index in [1.165, 1.54) is 6.07 Å². The fraction of sp³-hybridized carbons (Fsp3) is 0.312. The van der Waals surface area contributed by atoms with Crippen LogP contribution in [0.5, 0.6) is 0 Å². The van der Waals surface area contributed by atoms with E-state index >= 15 is 0 Å². The van der Waals surface area contributed by atoms with Gasteiger partial charge in [0.2, 0.25) is 5.95 Å². The van der Waals surface area contributed by atoms with Gasteiger partial charge in [0.25, 0.3) is 5.91 Å². The molecule has 3 N–H and O–H groups in total. The molecule has 5 rings (SSSR count). The lowest BCUT2D eigenvalue weighted by molar-refractivity contribution is 0.102. The number of aryl methyl sites for hydroxylation is 1. The molecule has 0 radical (unpaired) electrons. The molecular formula is C32H35FN8O2. The quantitative estimate of drug-likeness (QED) is 0.257. The fourth-order valence-electron chi connectivity index (χ4n) is 4.85. The van der Waals surface area contributed by atoms with Gasteiger partial charge in [-0.05, 0) is 57.3 Å². The Balaban J connectivity index is 1.20. The Kier molecular flexibility index (Phi) is 9.41. The molecule has 0 spiro atoms. The van der Waals surface area contributed by atoms with Gasteiger partial charge in [-0.25, -0.2) is 14.4 Å². The molecule has 4 aromatic rings. The van der Waals surface area contributed by atoms with Gasteiger partial charge >= 0.3 is 0 Å². The van der Waals surface area contributed by atoms with Crippen molar-refractivity contribution in [1.82, 2.24) is 29.5 Å². The number of likely N-dealkylation sites (tertiary alicyclic amines) is 1. The van der Waals surface area contributed by atoms with Crippen molar-refractivity contribution in [2.75, 3.05) is 44.4 Å². The SMILES string of the molecule is Cc1ccc(C(=O)Nc2ccc(CN3CC[C@@H](N(C)C)C3)c(F)c2)cc1C#Cc1cnc(Nc2cnn(CCO)c2)nc1. The third kappa shape index (κ3) is 7.81. The van der Waals surface area contributed by atoms with Crippen molar-refractivity contribution >= 4 is 23.2 Å². The summed E-state index contributed by atoms with van der Waals surface area (Å²) < 4.78 is 16.5. The molecule has 0 saturated carbocycles. The Labute approximate surface area is 250 Å². The number of aliphatic hydroxyl groups is 1. The molecule has 1 atom stereocenters. The molecule has 0 aliphatic carbocycles. The summed E-state index contributed by atoms with van der Waals surface area (Å²) in [5, 5.41) is 19.0. The van der Waals surface area contributed by atoms with Gasteiger partial charge in [0.15, 0.2) is 0 Å².